The molecular formula is C20H25NO2. The molecule has 23 heavy (non-hydrogen) atoms. The van der Waals surface area contributed by atoms with Gasteiger partial charge in [0.25, 0.3) is 0 Å². The Morgan fingerprint density at radius 1 is 1.00 bits per heavy atom. The summed E-state index contributed by atoms with van der Waals surface area (Å²) in [7, 11) is 0. The molecule has 3 rings (SSSR count). The second-order valence-electron chi connectivity index (χ2n) is 6.13. The summed E-state index contributed by atoms with van der Waals surface area (Å²) in [6, 6.07) is 21.3. The summed E-state index contributed by atoms with van der Waals surface area (Å²) in [4.78, 5) is 2.29. The quantitative estimate of drug-likeness (QED) is 0.890. The van der Waals surface area contributed by atoms with Crippen molar-refractivity contribution in [1.29, 1.82) is 0 Å². The Labute approximate surface area is 138 Å². The number of benzene rings is 2. The Morgan fingerprint density at radius 3 is 2.17 bits per heavy atom. The van der Waals surface area contributed by atoms with E-state index in [1.165, 1.54) is 11.1 Å². The first kappa shape index (κ1) is 16.2. The molecule has 1 aliphatic rings. The van der Waals surface area contributed by atoms with Gasteiger partial charge in [-0.25, -0.2) is 0 Å². The summed E-state index contributed by atoms with van der Waals surface area (Å²) in [5, 5.41) is 9.16. The van der Waals surface area contributed by atoms with Crippen LogP contribution in [0.25, 0.3) is 0 Å². The molecule has 0 amide bonds. The number of rotatable bonds is 6. The van der Waals surface area contributed by atoms with Crippen LogP contribution in [0.2, 0.25) is 0 Å². The average Bonchev–Trinajstić information content (AvgIpc) is 2.62. The second kappa shape index (κ2) is 8.25. The fraction of sp³-hybridized carbons (Fsp3) is 0.400. The van der Waals surface area contributed by atoms with Gasteiger partial charge < -0.3 is 9.84 Å². The Kier molecular flexibility index (Phi) is 5.81. The number of aliphatic hydroxyl groups excluding tert-OH is 1. The molecule has 1 N–H and O–H groups in total. The molecule has 1 atom stereocenters. The number of ether oxygens (including phenoxy) is 1. The minimum atomic E-state index is 0.209. The summed E-state index contributed by atoms with van der Waals surface area (Å²) < 4.78 is 6.00. The molecule has 1 fully saturated rings. The lowest BCUT2D eigenvalue weighted by molar-refractivity contribution is -0.0372. The van der Waals surface area contributed by atoms with Crippen molar-refractivity contribution >= 4 is 0 Å². The van der Waals surface area contributed by atoms with Crippen molar-refractivity contribution in [2.45, 2.75) is 18.4 Å². The number of hydrogen-bond donors (Lipinski definition) is 1. The van der Waals surface area contributed by atoms with E-state index in [1.54, 1.807) is 0 Å². The normalized spacial score (nSPS) is 19.1. The lowest BCUT2D eigenvalue weighted by atomic mass is 9.86. The maximum atomic E-state index is 9.16. The molecule has 3 nitrogen and oxygen atoms in total. The Morgan fingerprint density at radius 2 is 1.61 bits per heavy atom. The molecule has 1 heterocycles. The Hall–Kier alpha value is -1.68. The highest BCUT2D eigenvalue weighted by molar-refractivity contribution is 5.32. The van der Waals surface area contributed by atoms with Crippen molar-refractivity contribution in [2.24, 2.45) is 0 Å². The van der Waals surface area contributed by atoms with Gasteiger partial charge in [0, 0.05) is 25.6 Å². The van der Waals surface area contributed by atoms with E-state index in [4.69, 9.17) is 9.84 Å². The summed E-state index contributed by atoms with van der Waals surface area (Å²) >= 11 is 0. The number of aliphatic hydroxyl groups is 1. The van der Waals surface area contributed by atoms with E-state index in [9.17, 15) is 0 Å². The minimum Gasteiger partial charge on any atom is -0.395 e. The van der Waals surface area contributed by atoms with E-state index in [2.05, 4.69) is 65.6 Å². The average molecular weight is 311 g/mol. The molecule has 0 unspecified atom stereocenters. The monoisotopic (exact) mass is 311 g/mol. The molecule has 0 aliphatic carbocycles. The van der Waals surface area contributed by atoms with E-state index in [-0.39, 0.29) is 12.7 Å². The van der Waals surface area contributed by atoms with Gasteiger partial charge >= 0.3 is 0 Å². The van der Waals surface area contributed by atoms with Gasteiger partial charge in [-0.15, -0.1) is 0 Å². The van der Waals surface area contributed by atoms with Crippen molar-refractivity contribution in [2.75, 3.05) is 32.8 Å². The number of nitrogens with zero attached hydrogens (tertiary/aromatic N) is 1. The van der Waals surface area contributed by atoms with E-state index < -0.39 is 0 Å². The molecule has 1 aliphatic heterocycles. The first-order valence-electron chi connectivity index (χ1n) is 8.41. The van der Waals surface area contributed by atoms with Crippen LogP contribution in [0.5, 0.6) is 0 Å². The summed E-state index contributed by atoms with van der Waals surface area (Å²) in [5.41, 5.74) is 2.67. The topological polar surface area (TPSA) is 32.7 Å². The van der Waals surface area contributed by atoms with Crippen molar-refractivity contribution in [3.8, 4) is 0 Å². The number of β-amino-alcohol motifs (C(OH)–C–C–N with tert-alkyl or cyclic N) is 1. The van der Waals surface area contributed by atoms with Crippen molar-refractivity contribution in [3.63, 3.8) is 0 Å². The first-order valence-corrected chi connectivity index (χ1v) is 8.41. The predicted octanol–water partition coefficient (Wildman–Crippen LogP) is 2.90. The highest BCUT2D eigenvalue weighted by atomic mass is 16.5. The fourth-order valence-electron chi connectivity index (χ4n) is 3.37. The third-order valence-corrected chi connectivity index (χ3v) is 4.54. The van der Waals surface area contributed by atoms with Crippen LogP contribution in [0.3, 0.4) is 0 Å². The molecule has 0 radical (unpaired) electrons. The van der Waals surface area contributed by atoms with E-state index in [0.717, 1.165) is 32.7 Å². The maximum Gasteiger partial charge on any atom is 0.0711 e. The van der Waals surface area contributed by atoms with E-state index >= 15 is 0 Å². The molecule has 0 saturated carbocycles. The smallest absolute Gasteiger partial charge is 0.0711 e. The van der Waals surface area contributed by atoms with Crippen LogP contribution in [-0.4, -0.2) is 49.0 Å². The fourth-order valence-corrected chi connectivity index (χ4v) is 3.37. The van der Waals surface area contributed by atoms with Crippen molar-refractivity contribution < 1.29 is 9.84 Å². The maximum absolute atomic E-state index is 9.16. The van der Waals surface area contributed by atoms with Gasteiger partial charge in [-0.3, -0.25) is 4.90 Å². The minimum absolute atomic E-state index is 0.209. The van der Waals surface area contributed by atoms with Crippen LogP contribution in [-0.2, 0) is 4.74 Å². The van der Waals surface area contributed by atoms with E-state index in [0.29, 0.717) is 5.92 Å². The van der Waals surface area contributed by atoms with Gasteiger partial charge in [-0.2, -0.15) is 0 Å². The number of hydrogen-bond acceptors (Lipinski definition) is 3. The highest BCUT2D eigenvalue weighted by Crippen LogP contribution is 2.30. The summed E-state index contributed by atoms with van der Waals surface area (Å²) in [6.45, 7) is 3.52. The van der Waals surface area contributed by atoms with Crippen molar-refractivity contribution in [1.82, 2.24) is 4.90 Å². The third-order valence-electron chi connectivity index (χ3n) is 4.54. The molecule has 0 bridgehead atoms. The largest absolute Gasteiger partial charge is 0.395 e. The predicted molar refractivity (Wildman–Crippen MR) is 92.6 cm³/mol. The Balaban J connectivity index is 1.77. The zero-order valence-corrected chi connectivity index (χ0v) is 13.5. The zero-order valence-electron chi connectivity index (χ0n) is 13.5. The lowest BCUT2D eigenvalue weighted by Gasteiger charge is -2.34. The second-order valence-corrected chi connectivity index (χ2v) is 6.13. The van der Waals surface area contributed by atoms with Gasteiger partial charge in [-0.1, -0.05) is 60.7 Å². The van der Waals surface area contributed by atoms with Gasteiger partial charge in [0.05, 0.1) is 19.3 Å². The highest BCUT2D eigenvalue weighted by Gasteiger charge is 2.25. The summed E-state index contributed by atoms with van der Waals surface area (Å²) in [5.74, 6) is 0.344. The summed E-state index contributed by atoms with van der Waals surface area (Å²) in [6.07, 6.45) is 1.18. The lowest BCUT2D eigenvalue weighted by Crippen LogP contribution is -2.44. The standard InChI is InChI=1S/C20H25NO2/c22-13-11-21-12-14-23-19(16-21)15-20(17-7-3-1-4-8-17)18-9-5-2-6-10-18/h1-10,19-20,22H,11-16H2/t19-/m0/s1. The van der Waals surface area contributed by atoms with Gasteiger partial charge in [-0.05, 0) is 17.5 Å². The van der Waals surface area contributed by atoms with Crippen molar-refractivity contribution in [3.05, 3.63) is 71.8 Å². The molecule has 3 heteroatoms. The van der Waals surface area contributed by atoms with Crippen LogP contribution >= 0.6 is 0 Å². The van der Waals surface area contributed by atoms with E-state index in [1.807, 2.05) is 0 Å². The van der Waals surface area contributed by atoms with Crippen LogP contribution in [0, 0.1) is 0 Å². The van der Waals surface area contributed by atoms with Crippen LogP contribution in [0.1, 0.15) is 23.5 Å². The molecule has 2 aromatic carbocycles. The SMILES string of the molecule is OCCN1CCO[C@@H](CC(c2ccccc2)c2ccccc2)C1. The van der Waals surface area contributed by atoms with Gasteiger partial charge in [0.15, 0.2) is 0 Å². The molecule has 0 aromatic heterocycles. The third kappa shape index (κ3) is 4.41. The molecule has 1 saturated heterocycles. The van der Waals surface area contributed by atoms with Crippen LogP contribution < -0.4 is 0 Å². The Bertz CT molecular complexity index is 531. The molecule has 2 aromatic rings. The molecule has 122 valence electrons. The first-order chi connectivity index (χ1) is 11.4. The van der Waals surface area contributed by atoms with Gasteiger partial charge in [0.1, 0.15) is 0 Å². The van der Waals surface area contributed by atoms with Crippen LogP contribution in [0.4, 0.5) is 0 Å². The van der Waals surface area contributed by atoms with Gasteiger partial charge in [0.2, 0.25) is 0 Å². The van der Waals surface area contributed by atoms with Crippen LogP contribution in [0.15, 0.2) is 60.7 Å². The number of morpholine rings is 1. The molecule has 0 spiro atoms. The molecular weight excluding hydrogens is 286 g/mol. The zero-order chi connectivity index (χ0) is 15.9.